The van der Waals surface area contributed by atoms with Gasteiger partial charge in [-0.25, -0.2) is 0 Å². The van der Waals surface area contributed by atoms with Crippen molar-refractivity contribution in [2.75, 3.05) is 13.7 Å². The molecule has 1 aromatic carbocycles. The molecule has 0 aliphatic rings. The van der Waals surface area contributed by atoms with Crippen LogP contribution in [0.25, 0.3) is 0 Å². The first-order valence-corrected chi connectivity index (χ1v) is 4.58. The molecular formula is C11H16O3. The van der Waals surface area contributed by atoms with Crippen LogP contribution in [0.15, 0.2) is 6.07 Å². The number of hydrogen-bond acceptors (Lipinski definition) is 3. The van der Waals surface area contributed by atoms with Gasteiger partial charge in [-0.1, -0.05) is 6.07 Å². The van der Waals surface area contributed by atoms with Crippen LogP contribution in [0.4, 0.5) is 0 Å². The maximum Gasteiger partial charge on any atom is 0.163 e. The van der Waals surface area contributed by atoms with Gasteiger partial charge in [0.1, 0.15) is 0 Å². The summed E-state index contributed by atoms with van der Waals surface area (Å²) in [4.78, 5) is 0. The zero-order valence-electron chi connectivity index (χ0n) is 8.79. The number of phenolic OH excluding ortho intramolecular Hbond substituents is 1. The third-order valence-corrected chi connectivity index (χ3v) is 2.43. The van der Waals surface area contributed by atoms with Gasteiger partial charge < -0.3 is 14.9 Å². The summed E-state index contributed by atoms with van der Waals surface area (Å²) in [6, 6.07) is 1.88. The Balaban J connectivity index is 3.27. The van der Waals surface area contributed by atoms with Gasteiger partial charge in [-0.05, 0) is 31.4 Å². The van der Waals surface area contributed by atoms with Crippen molar-refractivity contribution in [1.82, 2.24) is 0 Å². The summed E-state index contributed by atoms with van der Waals surface area (Å²) in [5, 5.41) is 18.6. The van der Waals surface area contributed by atoms with Gasteiger partial charge in [-0.2, -0.15) is 0 Å². The SMILES string of the molecule is COc1c(C)c(C)cc(CCO)c1O. The van der Waals surface area contributed by atoms with Gasteiger partial charge >= 0.3 is 0 Å². The van der Waals surface area contributed by atoms with Gasteiger partial charge in [-0.15, -0.1) is 0 Å². The highest BCUT2D eigenvalue weighted by Crippen LogP contribution is 2.35. The molecule has 0 spiro atoms. The second kappa shape index (κ2) is 4.33. The van der Waals surface area contributed by atoms with Crippen LogP contribution >= 0.6 is 0 Å². The molecule has 1 rings (SSSR count). The Kier molecular flexibility index (Phi) is 3.36. The lowest BCUT2D eigenvalue weighted by molar-refractivity contribution is 0.296. The number of methoxy groups -OCH3 is 1. The Morgan fingerprint density at radius 1 is 1.36 bits per heavy atom. The van der Waals surface area contributed by atoms with Gasteiger partial charge in [0, 0.05) is 12.2 Å². The predicted octanol–water partition coefficient (Wildman–Crippen LogP) is 1.55. The first kappa shape index (κ1) is 10.9. The van der Waals surface area contributed by atoms with Gasteiger partial charge in [0.25, 0.3) is 0 Å². The van der Waals surface area contributed by atoms with Crippen LogP contribution in [0, 0.1) is 13.8 Å². The van der Waals surface area contributed by atoms with E-state index >= 15 is 0 Å². The standard InChI is InChI=1S/C11H16O3/c1-7-6-9(4-5-12)10(13)11(14-3)8(7)2/h6,12-13H,4-5H2,1-3H3. The smallest absolute Gasteiger partial charge is 0.163 e. The second-order valence-corrected chi connectivity index (χ2v) is 3.33. The molecule has 0 saturated carbocycles. The lowest BCUT2D eigenvalue weighted by atomic mass is 10.0. The van der Waals surface area contributed by atoms with E-state index in [1.165, 1.54) is 7.11 Å². The van der Waals surface area contributed by atoms with Crippen LogP contribution in [0.2, 0.25) is 0 Å². The van der Waals surface area contributed by atoms with Crippen molar-refractivity contribution in [3.8, 4) is 11.5 Å². The number of phenols is 1. The summed E-state index contributed by atoms with van der Waals surface area (Å²) >= 11 is 0. The molecular weight excluding hydrogens is 180 g/mol. The van der Waals surface area contributed by atoms with E-state index in [0.717, 1.165) is 16.7 Å². The quantitative estimate of drug-likeness (QED) is 0.771. The minimum atomic E-state index is 0.0270. The molecule has 0 heterocycles. The number of benzene rings is 1. The second-order valence-electron chi connectivity index (χ2n) is 3.33. The number of aliphatic hydroxyl groups excluding tert-OH is 1. The fourth-order valence-electron chi connectivity index (χ4n) is 1.50. The Bertz CT molecular complexity index is 332. The predicted molar refractivity (Wildman–Crippen MR) is 54.9 cm³/mol. The number of aliphatic hydroxyl groups is 1. The van der Waals surface area contributed by atoms with Crippen molar-refractivity contribution in [3.63, 3.8) is 0 Å². The maximum absolute atomic E-state index is 9.79. The number of rotatable bonds is 3. The average molecular weight is 196 g/mol. The van der Waals surface area contributed by atoms with Crippen molar-refractivity contribution in [1.29, 1.82) is 0 Å². The molecule has 2 N–H and O–H groups in total. The van der Waals surface area contributed by atoms with E-state index in [4.69, 9.17) is 9.84 Å². The highest BCUT2D eigenvalue weighted by atomic mass is 16.5. The van der Waals surface area contributed by atoms with Gasteiger partial charge in [-0.3, -0.25) is 0 Å². The number of aromatic hydroxyl groups is 1. The first-order chi connectivity index (χ1) is 6.61. The normalized spacial score (nSPS) is 10.3. The highest BCUT2D eigenvalue weighted by molar-refractivity contribution is 5.54. The van der Waals surface area contributed by atoms with E-state index in [-0.39, 0.29) is 12.4 Å². The molecule has 0 bridgehead atoms. The molecule has 78 valence electrons. The third kappa shape index (κ3) is 1.82. The molecule has 3 nitrogen and oxygen atoms in total. The minimum absolute atomic E-state index is 0.0270. The van der Waals surface area contributed by atoms with Crippen molar-refractivity contribution < 1.29 is 14.9 Å². The summed E-state index contributed by atoms with van der Waals surface area (Å²) < 4.78 is 5.11. The molecule has 0 unspecified atom stereocenters. The average Bonchev–Trinajstić information content (AvgIpc) is 2.16. The molecule has 14 heavy (non-hydrogen) atoms. The number of ether oxygens (including phenoxy) is 1. The van der Waals surface area contributed by atoms with Crippen molar-refractivity contribution in [2.24, 2.45) is 0 Å². The Morgan fingerprint density at radius 2 is 2.00 bits per heavy atom. The molecule has 0 aromatic heterocycles. The summed E-state index contributed by atoms with van der Waals surface area (Å²) in [6.07, 6.45) is 0.448. The fraction of sp³-hybridized carbons (Fsp3) is 0.455. The van der Waals surface area contributed by atoms with Crippen LogP contribution in [-0.2, 0) is 6.42 Å². The molecule has 0 saturated heterocycles. The van der Waals surface area contributed by atoms with E-state index in [1.54, 1.807) is 0 Å². The molecule has 0 radical (unpaired) electrons. The zero-order chi connectivity index (χ0) is 10.7. The van der Waals surface area contributed by atoms with Crippen LogP contribution in [0.1, 0.15) is 16.7 Å². The lowest BCUT2D eigenvalue weighted by Crippen LogP contribution is -1.97. The summed E-state index contributed by atoms with van der Waals surface area (Å²) in [6.45, 7) is 3.88. The summed E-state index contributed by atoms with van der Waals surface area (Å²) in [5.74, 6) is 0.651. The van der Waals surface area contributed by atoms with Gasteiger partial charge in [0.05, 0.1) is 7.11 Å². The largest absolute Gasteiger partial charge is 0.504 e. The summed E-state index contributed by atoms with van der Waals surface area (Å²) in [5.41, 5.74) is 2.72. The number of aryl methyl sites for hydroxylation is 1. The summed E-state index contributed by atoms with van der Waals surface area (Å²) in [7, 11) is 1.53. The van der Waals surface area contributed by atoms with Crippen LogP contribution < -0.4 is 4.74 Å². The lowest BCUT2D eigenvalue weighted by Gasteiger charge is -2.13. The first-order valence-electron chi connectivity index (χ1n) is 4.58. The molecule has 0 atom stereocenters. The maximum atomic E-state index is 9.79. The number of hydrogen-bond donors (Lipinski definition) is 2. The van der Waals surface area contributed by atoms with E-state index in [0.29, 0.717) is 12.2 Å². The molecule has 0 fully saturated rings. The van der Waals surface area contributed by atoms with Crippen molar-refractivity contribution in [2.45, 2.75) is 20.3 Å². The minimum Gasteiger partial charge on any atom is -0.504 e. The fourth-order valence-corrected chi connectivity index (χ4v) is 1.50. The Labute approximate surface area is 84.0 Å². The van der Waals surface area contributed by atoms with Crippen LogP contribution in [0.5, 0.6) is 11.5 Å². The molecule has 3 heteroatoms. The topological polar surface area (TPSA) is 49.7 Å². The van der Waals surface area contributed by atoms with E-state index in [9.17, 15) is 5.11 Å². The van der Waals surface area contributed by atoms with Crippen molar-refractivity contribution >= 4 is 0 Å². The van der Waals surface area contributed by atoms with Gasteiger partial charge in [0.15, 0.2) is 11.5 Å². The Morgan fingerprint density at radius 3 is 2.50 bits per heavy atom. The van der Waals surface area contributed by atoms with Gasteiger partial charge in [0.2, 0.25) is 0 Å². The molecule has 0 aliphatic carbocycles. The van der Waals surface area contributed by atoms with E-state index < -0.39 is 0 Å². The molecule has 0 aliphatic heterocycles. The third-order valence-electron chi connectivity index (χ3n) is 2.43. The molecule has 0 amide bonds. The zero-order valence-corrected chi connectivity index (χ0v) is 8.79. The van der Waals surface area contributed by atoms with Crippen LogP contribution in [0.3, 0.4) is 0 Å². The van der Waals surface area contributed by atoms with Crippen molar-refractivity contribution in [3.05, 3.63) is 22.8 Å². The monoisotopic (exact) mass is 196 g/mol. The Hall–Kier alpha value is -1.22. The highest BCUT2D eigenvalue weighted by Gasteiger charge is 2.12. The van der Waals surface area contributed by atoms with E-state index in [1.807, 2.05) is 19.9 Å². The van der Waals surface area contributed by atoms with Crippen LogP contribution in [-0.4, -0.2) is 23.9 Å². The molecule has 1 aromatic rings. The van der Waals surface area contributed by atoms with E-state index in [2.05, 4.69) is 0 Å².